The van der Waals surface area contributed by atoms with Crippen molar-refractivity contribution in [2.75, 3.05) is 0 Å². The van der Waals surface area contributed by atoms with E-state index in [4.69, 9.17) is 4.42 Å². The zero-order chi connectivity index (χ0) is 17.2. The molecule has 0 N–H and O–H groups in total. The highest BCUT2D eigenvalue weighted by molar-refractivity contribution is 7.13. The van der Waals surface area contributed by atoms with Gasteiger partial charge in [-0.1, -0.05) is 6.07 Å². The smallest absolute Gasteiger partial charge is 0.269 e. The van der Waals surface area contributed by atoms with Crippen LogP contribution in [0.1, 0.15) is 0 Å². The van der Waals surface area contributed by atoms with E-state index in [-0.39, 0.29) is 5.69 Å². The van der Waals surface area contributed by atoms with Gasteiger partial charge >= 0.3 is 0 Å². The molecule has 122 valence electrons. The van der Waals surface area contributed by atoms with E-state index in [9.17, 15) is 10.1 Å². The monoisotopic (exact) mass is 350 g/mol. The number of hydrogen-bond acceptors (Lipinski definition) is 7. The van der Waals surface area contributed by atoms with Gasteiger partial charge in [-0.3, -0.25) is 15.1 Å². The SMILES string of the molecule is O=[N+]([O-])c1ccc(-c2nnc(-c3cncc(-c4cccs4)c3)o2)cc1. The molecule has 3 heterocycles. The van der Waals surface area contributed by atoms with Crippen molar-refractivity contribution in [1.29, 1.82) is 0 Å². The third kappa shape index (κ3) is 3.02. The average molecular weight is 350 g/mol. The summed E-state index contributed by atoms with van der Waals surface area (Å²) in [6.45, 7) is 0. The van der Waals surface area contributed by atoms with E-state index in [0.29, 0.717) is 22.9 Å². The number of hydrogen-bond donors (Lipinski definition) is 0. The molecule has 0 bridgehead atoms. The van der Waals surface area contributed by atoms with E-state index in [1.807, 2.05) is 23.6 Å². The first kappa shape index (κ1) is 15.2. The molecular weight excluding hydrogens is 340 g/mol. The number of nitro benzene ring substituents is 1. The number of pyridine rings is 1. The lowest BCUT2D eigenvalue weighted by atomic mass is 10.2. The number of non-ortho nitro benzene ring substituents is 1. The van der Waals surface area contributed by atoms with Crippen molar-refractivity contribution in [3.63, 3.8) is 0 Å². The molecule has 0 spiro atoms. The third-order valence-corrected chi connectivity index (χ3v) is 4.46. The molecule has 25 heavy (non-hydrogen) atoms. The minimum atomic E-state index is -0.454. The second-order valence-electron chi connectivity index (χ2n) is 5.16. The van der Waals surface area contributed by atoms with Crippen molar-refractivity contribution in [1.82, 2.24) is 15.2 Å². The molecule has 0 unspecified atom stereocenters. The maximum atomic E-state index is 10.7. The molecule has 0 fully saturated rings. The van der Waals surface area contributed by atoms with Crippen molar-refractivity contribution in [2.24, 2.45) is 0 Å². The molecule has 4 rings (SSSR count). The highest BCUT2D eigenvalue weighted by atomic mass is 32.1. The van der Waals surface area contributed by atoms with Crippen molar-refractivity contribution in [3.8, 4) is 33.3 Å². The van der Waals surface area contributed by atoms with Gasteiger partial charge in [0.15, 0.2) is 0 Å². The number of nitro groups is 1. The van der Waals surface area contributed by atoms with Crippen LogP contribution in [0.5, 0.6) is 0 Å². The lowest BCUT2D eigenvalue weighted by molar-refractivity contribution is -0.384. The maximum Gasteiger partial charge on any atom is 0.269 e. The molecule has 4 aromatic rings. The first-order chi connectivity index (χ1) is 12.2. The van der Waals surface area contributed by atoms with Gasteiger partial charge < -0.3 is 4.42 Å². The summed E-state index contributed by atoms with van der Waals surface area (Å²) >= 11 is 1.62. The van der Waals surface area contributed by atoms with Crippen LogP contribution in [0, 0.1) is 10.1 Å². The Morgan fingerprint density at radius 3 is 2.36 bits per heavy atom. The second-order valence-corrected chi connectivity index (χ2v) is 6.10. The summed E-state index contributed by atoms with van der Waals surface area (Å²) in [5, 5.41) is 20.8. The summed E-state index contributed by atoms with van der Waals surface area (Å²) in [5.74, 6) is 0.644. The molecule has 0 saturated heterocycles. The molecule has 7 nitrogen and oxygen atoms in total. The van der Waals surface area contributed by atoms with Gasteiger partial charge in [0.2, 0.25) is 11.8 Å². The normalized spacial score (nSPS) is 10.7. The standard InChI is InChI=1S/C17H10N4O3S/c22-21(23)14-5-3-11(4-6-14)16-19-20-17(24-16)13-8-12(9-18-10-13)15-2-1-7-25-15/h1-10H. The Kier molecular flexibility index (Phi) is 3.79. The molecule has 0 atom stereocenters. The molecule has 8 heteroatoms. The lowest BCUT2D eigenvalue weighted by Gasteiger charge is -1.99. The van der Waals surface area contributed by atoms with Gasteiger partial charge in [-0.05, 0) is 29.6 Å². The summed E-state index contributed by atoms with van der Waals surface area (Å²) in [6, 6.07) is 11.9. The topological polar surface area (TPSA) is 95.0 Å². The lowest BCUT2D eigenvalue weighted by Crippen LogP contribution is -1.87. The van der Waals surface area contributed by atoms with Gasteiger partial charge in [0.05, 0.1) is 10.5 Å². The van der Waals surface area contributed by atoms with Crippen molar-refractivity contribution < 1.29 is 9.34 Å². The minimum Gasteiger partial charge on any atom is -0.416 e. The zero-order valence-corrected chi connectivity index (χ0v) is 13.5. The van der Waals surface area contributed by atoms with E-state index in [1.54, 1.807) is 35.9 Å². The number of rotatable bonds is 4. The fraction of sp³-hybridized carbons (Fsp3) is 0. The van der Waals surface area contributed by atoms with Crippen LogP contribution in [0.4, 0.5) is 5.69 Å². The molecule has 0 amide bonds. The highest BCUT2D eigenvalue weighted by Gasteiger charge is 2.13. The summed E-state index contributed by atoms with van der Waals surface area (Å²) in [7, 11) is 0. The Labute approximate surface area is 145 Å². The quantitative estimate of drug-likeness (QED) is 0.399. The van der Waals surface area contributed by atoms with E-state index in [2.05, 4.69) is 15.2 Å². The van der Waals surface area contributed by atoms with Gasteiger partial charge in [0, 0.05) is 40.5 Å². The molecule has 0 aliphatic heterocycles. The van der Waals surface area contributed by atoms with E-state index in [1.165, 1.54) is 12.1 Å². The first-order valence-corrected chi connectivity index (χ1v) is 8.16. The summed E-state index contributed by atoms with van der Waals surface area (Å²) < 4.78 is 5.70. The average Bonchev–Trinajstić information content (AvgIpc) is 3.34. The van der Waals surface area contributed by atoms with Crippen molar-refractivity contribution in [2.45, 2.75) is 0 Å². The third-order valence-electron chi connectivity index (χ3n) is 3.54. The van der Waals surface area contributed by atoms with Crippen molar-refractivity contribution in [3.05, 3.63) is 70.4 Å². The number of benzene rings is 1. The van der Waals surface area contributed by atoms with Crippen LogP contribution in [0.2, 0.25) is 0 Å². The van der Waals surface area contributed by atoms with Crippen LogP contribution < -0.4 is 0 Å². The number of thiophene rings is 1. The van der Waals surface area contributed by atoms with Gasteiger partial charge in [-0.2, -0.15) is 0 Å². The van der Waals surface area contributed by atoms with E-state index >= 15 is 0 Å². The van der Waals surface area contributed by atoms with Gasteiger partial charge in [-0.15, -0.1) is 21.5 Å². The Bertz CT molecular complexity index is 1030. The van der Waals surface area contributed by atoms with Gasteiger partial charge in [0.1, 0.15) is 0 Å². The van der Waals surface area contributed by atoms with Crippen LogP contribution in [0.15, 0.2) is 64.7 Å². The van der Waals surface area contributed by atoms with Crippen LogP contribution >= 0.6 is 11.3 Å². The number of aromatic nitrogens is 3. The summed E-state index contributed by atoms with van der Waals surface area (Å²) in [5.41, 5.74) is 2.32. The van der Waals surface area contributed by atoms with E-state index in [0.717, 1.165) is 10.4 Å². The van der Waals surface area contributed by atoms with Gasteiger partial charge in [0.25, 0.3) is 5.69 Å². The Morgan fingerprint density at radius 2 is 1.68 bits per heavy atom. The van der Waals surface area contributed by atoms with Crippen LogP contribution in [-0.2, 0) is 0 Å². The summed E-state index contributed by atoms with van der Waals surface area (Å²) in [6.07, 6.45) is 3.44. The Morgan fingerprint density at radius 1 is 0.960 bits per heavy atom. The highest BCUT2D eigenvalue weighted by Crippen LogP contribution is 2.29. The molecule has 0 radical (unpaired) electrons. The Balaban J connectivity index is 1.65. The van der Waals surface area contributed by atoms with Crippen molar-refractivity contribution >= 4 is 17.0 Å². The minimum absolute atomic E-state index is 0.0105. The van der Waals surface area contributed by atoms with E-state index < -0.39 is 4.92 Å². The molecule has 3 aromatic heterocycles. The van der Waals surface area contributed by atoms with Gasteiger partial charge in [-0.25, -0.2) is 0 Å². The fourth-order valence-electron chi connectivity index (χ4n) is 2.32. The molecule has 0 aliphatic rings. The van der Waals surface area contributed by atoms with Crippen LogP contribution in [0.3, 0.4) is 0 Å². The first-order valence-electron chi connectivity index (χ1n) is 7.28. The predicted octanol–water partition coefficient (Wildman–Crippen LogP) is 4.44. The Hall–Kier alpha value is -3.39. The second kappa shape index (κ2) is 6.25. The number of nitrogens with zero attached hydrogens (tertiary/aromatic N) is 4. The maximum absolute atomic E-state index is 10.7. The largest absolute Gasteiger partial charge is 0.416 e. The zero-order valence-electron chi connectivity index (χ0n) is 12.7. The molecule has 0 aliphatic carbocycles. The van der Waals surface area contributed by atoms with Crippen LogP contribution in [0.25, 0.3) is 33.3 Å². The summed E-state index contributed by atoms with van der Waals surface area (Å²) in [4.78, 5) is 15.6. The molecule has 0 saturated carbocycles. The molecular formula is C17H10N4O3S. The molecule has 1 aromatic carbocycles. The predicted molar refractivity (Wildman–Crippen MR) is 92.9 cm³/mol. The fourth-order valence-corrected chi connectivity index (χ4v) is 3.03. The van der Waals surface area contributed by atoms with Crippen LogP contribution in [-0.4, -0.2) is 20.1 Å².